The van der Waals surface area contributed by atoms with Gasteiger partial charge in [0, 0.05) is 10.6 Å². The average Bonchev–Trinajstić information content (AvgIpc) is 2.87. The molecule has 0 bridgehead atoms. The fourth-order valence-corrected chi connectivity index (χ4v) is 3.94. The summed E-state index contributed by atoms with van der Waals surface area (Å²) in [6.07, 6.45) is 0. The van der Waals surface area contributed by atoms with Crippen molar-refractivity contribution in [1.82, 2.24) is 9.71 Å². The van der Waals surface area contributed by atoms with E-state index in [-0.39, 0.29) is 6.04 Å². The van der Waals surface area contributed by atoms with Gasteiger partial charge in [0.1, 0.15) is 0 Å². The summed E-state index contributed by atoms with van der Waals surface area (Å²) in [6, 6.07) is 5.43. The van der Waals surface area contributed by atoms with Crippen molar-refractivity contribution in [3.63, 3.8) is 0 Å². The number of thiazole rings is 1. The van der Waals surface area contributed by atoms with Crippen molar-refractivity contribution in [3.8, 4) is 0 Å². The molecule has 0 amide bonds. The maximum atomic E-state index is 12.0. The normalized spacial score (nSPS) is 13.1. The van der Waals surface area contributed by atoms with Gasteiger partial charge in [0.25, 0.3) is 0 Å². The van der Waals surface area contributed by atoms with Gasteiger partial charge in [-0.1, -0.05) is 6.07 Å². The van der Waals surface area contributed by atoms with Gasteiger partial charge in [-0.25, -0.2) is 18.1 Å². The molecule has 7 heteroatoms. The van der Waals surface area contributed by atoms with Crippen LogP contribution in [0.25, 0.3) is 0 Å². The number of anilines is 1. The van der Waals surface area contributed by atoms with E-state index in [1.807, 2.05) is 25.4 Å². The predicted molar refractivity (Wildman–Crippen MR) is 86.3 cm³/mol. The van der Waals surface area contributed by atoms with Crippen LogP contribution in [-0.4, -0.2) is 20.4 Å². The van der Waals surface area contributed by atoms with E-state index in [2.05, 4.69) is 15.0 Å². The minimum Gasteiger partial charge on any atom is -0.378 e. The lowest BCUT2D eigenvalue weighted by Gasteiger charge is -2.16. The predicted octanol–water partition coefficient (Wildman–Crippen LogP) is 2.84. The molecule has 114 valence electrons. The van der Waals surface area contributed by atoms with Crippen LogP contribution in [0.15, 0.2) is 28.6 Å². The number of nitrogens with zero attached hydrogens (tertiary/aromatic N) is 1. The number of benzene rings is 1. The second-order valence-corrected chi connectivity index (χ2v) is 7.60. The number of rotatable bonds is 5. The van der Waals surface area contributed by atoms with Crippen LogP contribution in [0.4, 0.5) is 5.69 Å². The highest BCUT2D eigenvalue weighted by molar-refractivity contribution is 7.89. The molecule has 0 fully saturated rings. The van der Waals surface area contributed by atoms with Gasteiger partial charge in [0.15, 0.2) is 0 Å². The van der Waals surface area contributed by atoms with E-state index >= 15 is 0 Å². The maximum absolute atomic E-state index is 12.0. The minimum absolute atomic E-state index is 0.0744. The average molecular weight is 325 g/mol. The summed E-state index contributed by atoms with van der Waals surface area (Å²) >= 11 is 1.59. The summed E-state index contributed by atoms with van der Waals surface area (Å²) in [7, 11) is -2.03. The zero-order valence-corrected chi connectivity index (χ0v) is 14.1. The van der Waals surface area contributed by atoms with Crippen LogP contribution < -0.4 is 10.0 Å². The van der Waals surface area contributed by atoms with Gasteiger partial charge < -0.3 is 5.32 Å². The first-order valence-electron chi connectivity index (χ1n) is 6.56. The molecule has 5 nitrogen and oxygen atoms in total. The second-order valence-electron chi connectivity index (χ2n) is 4.86. The van der Waals surface area contributed by atoms with Crippen LogP contribution in [0.5, 0.6) is 0 Å². The number of sulfonamides is 1. The van der Waals surface area contributed by atoms with E-state index in [0.29, 0.717) is 4.90 Å². The number of nitrogens with one attached hydrogen (secondary N) is 2. The molecule has 1 aromatic carbocycles. The van der Waals surface area contributed by atoms with Gasteiger partial charge in [-0.3, -0.25) is 0 Å². The standard InChI is InChI=1S/C14H19N3O2S2/c1-9-5-6-12(7-13(9)21(18,19)15-4)17-11(3)14-10(2)16-8-20-14/h5-8,11,15,17H,1-4H3. The summed E-state index contributed by atoms with van der Waals surface area (Å²) in [5.74, 6) is 0. The fraction of sp³-hybridized carbons (Fsp3) is 0.357. The molecule has 1 unspecified atom stereocenters. The third-order valence-corrected chi connectivity index (χ3v) is 5.98. The van der Waals surface area contributed by atoms with Gasteiger partial charge >= 0.3 is 0 Å². The van der Waals surface area contributed by atoms with Gasteiger partial charge in [-0.05, 0) is 45.5 Å². The van der Waals surface area contributed by atoms with Crippen LogP contribution in [0.3, 0.4) is 0 Å². The molecule has 21 heavy (non-hydrogen) atoms. The molecule has 0 aliphatic heterocycles. The first-order chi connectivity index (χ1) is 9.85. The van der Waals surface area contributed by atoms with E-state index in [4.69, 9.17) is 0 Å². The Morgan fingerprint density at radius 3 is 2.57 bits per heavy atom. The van der Waals surface area contributed by atoms with E-state index in [9.17, 15) is 8.42 Å². The van der Waals surface area contributed by atoms with Crippen molar-refractivity contribution >= 4 is 27.0 Å². The largest absolute Gasteiger partial charge is 0.378 e. The highest BCUT2D eigenvalue weighted by atomic mass is 32.2. The third-order valence-electron chi connectivity index (χ3n) is 3.31. The van der Waals surface area contributed by atoms with E-state index in [1.54, 1.807) is 30.4 Å². The van der Waals surface area contributed by atoms with Crippen LogP contribution >= 0.6 is 11.3 Å². The van der Waals surface area contributed by atoms with Crippen LogP contribution in [0.2, 0.25) is 0 Å². The van der Waals surface area contributed by atoms with Gasteiger partial charge in [-0.15, -0.1) is 11.3 Å². The molecular formula is C14H19N3O2S2. The summed E-state index contributed by atoms with van der Waals surface area (Å²) < 4.78 is 26.3. The molecule has 0 aliphatic carbocycles. The maximum Gasteiger partial charge on any atom is 0.240 e. The summed E-state index contributed by atoms with van der Waals surface area (Å²) in [6.45, 7) is 5.79. The Morgan fingerprint density at radius 1 is 1.29 bits per heavy atom. The minimum atomic E-state index is -3.45. The molecule has 2 aromatic rings. The summed E-state index contributed by atoms with van der Waals surface area (Å²) in [4.78, 5) is 5.68. The second kappa shape index (κ2) is 6.13. The number of aryl methyl sites for hydroxylation is 2. The van der Waals surface area contributed by atoms with Gasteiger partial charge in [0.2, 0.25) is 10.0 Å². The van der Waals surface area contributed by atoms with Crippen molar-refractivity contribution < 1.29 is 8.42 Å². The Balaban J connectivity index is 2.30. The molecule has 0 spiro atoms. The molecule has 1 atom stereocenters. The molecule has 2 rings (SSSR count). The van der Waals surface area contributed by atoms with Crippen molar-refractivity contribution in [2.45, 2.75) is 31.7 Å². The van der Waals surface area contributed by atoms with Crippen LogP contribution in [-0.2, 0) is 10.0 Å². The highest BCUT2D eigenvalue weighted by Crippen LogP contribution is 2.27. The Kier molecular flexibility index (Phi) is 4.65. The van der Waals surface area contributed by atoms with Crippen molar-refractivity contribution in [2.24, 2.45) is 0 Å². The Hall–Kier alpha value is -1.44. The SMILES string of the molecule is CNS(=O)(=O)c1cc(NC(C)c2scnc2C)ccc1C. The summed E-state index contributed by atoms with van der Waals surface area (Å²) in [5, 5.41) is 3.33. The Labute approximate surface area is 129 Å². The first kappa shape index (κ1) is 15.9. The van der Waals surface area contributed by atoms with E-state index in [0.717, 1.165) is 21.8 Å². The quantitative estimate of drug-likeness (QED) is 0.887. The topological polar surface area (TPSA) is 71.1 Å². The van der Waals surface area contributed by atoms with Crippen molar-refractivity contribution in [2.75, 3.05) is 12.4 Å². The Bertz CT molecular complexity index is 738. The fourth-order valence-electron chi connectivity index (χ4n) is 2.13. The molecule has 1 aromatic heterocycles. The van der Waals surface area contributed by atoms with Gasteiger partial charge in [-0.2, -0.15) is 0 Å². The third kappa shape index (κ3) is 3.42. The molecule has 0 saturated heterocycles. The van der Waals surface area contributed by atoms with Crippen LogP contribution in [0, 0.1) is 13.8 Å². The lowest BCUT2D eigenvalue weighted by atomic mass is 10.2. The number of hydrogen-bond acceptors (Lipinski definition) is 5. The first-order valence-corrected chi connectivity index (χ1v) is 8.92. The molecule has 0 radical (unpaired) electrons. The highest BCUT2D eigenvalue weighted by Gasteiger charge is 2.16. The van der Waals surface area contributed by atoms with E-state index < -0.39 is 10.0 Å². The van der Waals surface area contributed by atoms with Crippen LogP contribution in [0.1, 0.15) is 29.1 Å². The van der Waals surface area contributed by atoms with Crippen molar-refractivity contribution in [1.29, 1.82) is 0 Å². The number of hydrogen-bond donors (Lipinski definition) is 2. The molecular weight excluding hydrogens is 306 g/mol. The molecule has 1 heterocycles. The molecule has 0 saturated carbocycles. The van der Waals surface area contributed by atoms with Crippen molar-refractivity contribution in [3.05, 3.63) is 39.8 Å². The zero-order valence-electron chi connectivity index (χ0n) is 12.5. The lowest BCUT2D eigenvalue weighted by Crippen LogP contribution is -2.20. The van der Waals surface area contributed by atoms with Gasteiger partial charge in [0.05, 0.1) is 22.1 Å². The van der Waals surface area contributed by atoms with E-state index in [1.165, 1.54) is 7.05 Å². The monoisotopic (exact) mass is 325 g/mol. The number of aromatic nitrogens is 1. The smallest absolute Gasteiger partial charge is 0.240 e. The summed E-state index contributed by atoms with van der Waals surface area (Å²) in [5.41, 5.74) is 4.30. The zero-order chi connectivity index (χ0) is 15.6. The molecule has 2 N–H and O–H groups in total. The Morgan fingerprint density at radius 2 is 2.00 bits per heavy atom. The molecule has 0 aliphatic rings. The lowest BCUT2D eigenvalue weighted by molar-refractivity contribution is 0.587.